The molecule has 0 aromatic heterocycles. The van der Waals surface area contributed by atoms with Crippen molar-refractivity contribution in [3.63, 3.8) is 0 Å². The highest BCUT2D eigenvalue weighted by Crippen LogP contribution is 2.30. The summed E-state index contributed by atoms with van der Waals surface area (Å²) in [5, 5.41) is 2.84. The van der Waals surface area contributed by atoms with E-state index >= 15 is 0 Å². The molecule has 0 bridgehead atoms. The van der Waals surface area contributed by atoms with Crippen LogP contribution in [0.15, 0.2) is 57.9 Å². The maximum atomic E-state index is 13.3. The molecule has 3 amide bonds. The monoisotopic (exact) mass is 549 g/mol. The fraction of sp³-hybridized carbons (Fsp3) is 0.375. The number of sulfonamides is 1. The van der Waals surface area contributed by atoms with Crippen LogP contribution in [0.1, 0.15) is 43.1 Å². The zero-order chi connectivity index (χ0) is 25.0. The molecule has 1 aliphatic heterocycles. The first-order chi connectivity index (χ1) is 16.0. The lowest BCUT2D eigenvalue weighted by atomic mass is 10.1. The number of carbonyl (C=O) groups excluding carboxylic acids is 3. The summed E-state index contributed by atoms with van der Waals surface area (Å²) in [6.45, 7) is 5.92. The number of hydrogen-bond donors (Lipinski definition) is 1. The van der Waals surface area contributed by atoms with Gasteiger partial charge in [0.15, 0.2) is 0 Å². The van der Waals surface area contributed by atoms with Crippen molar-refractivity contribution in [1.29, 1.82) is 0 Å². The van der Waals surface area contributed by atoms with Gasteiger partial charge in [0.05, 0.1) is 5.56 Å². The molecule has 0 saturated heterocycles. The number of rotatable bonds is 9. The van der Waals surface area contributed by atoms with Crippen molar-refractivity contribution < 1.29 is 22.8 Å². The summed E-state index contributed by atoms with van der Waals surface area (Å²) in [6.07, 6.45) is -0.241. The van der Waals surface area contributed by atoms with Crippen LogP contribution in [0.3, 0.4) is 0 Å². The molecule has 1 unspecified atom stereocenters. The van der Waals surface area contributed by atoms with E-state index in [1.54, 1.807) is 19.1 Å². The molecule has 0 saturated carbocycles. The average Bonchev–Trinajstić information content (AvgIpc) is 2.99. The smallest absolute Gasteiger partial charge is 0.269 e. The van der Waals surface area contributed by atoms with Crippen LogP contribution in [0.2, 0.25) is 0 Å². The number of amides is 3. The van der Waals surface area contributed by atoms with E-state index in [4.69, 9.17) is 0 Å². The van der Waals surface area contributed by atoms with E-state index < -0.39 is 27.9 Å². The van der Waals surface area contributed by atoms with Gasteiger partial charge < -0.3 is 10.2 Å². The number of carbonyl (C=O) groups is 3. The summed E-state index contributed by atoms with van der Waals surface area (Å²) in [5.74, 6) is -1.12. The molecule has 1 heterocycles. The summed E-state index contributed by atoms with van der Waals surface area (Å²) in [6, 6.07) is 12.6. The fourth-order valence-electron chi connectivity index (χ4n) is 3.66. The molecule has 0 fully saturated rings. The van der Waals surface area contributed by atoms with Gasteiger partial charge in [-0.15, -0.1) is 0 Å². The highest BCUT2D eigenvalue weighted by Gasteiger charge is 2.41. The minimum atomic E-state index is -4.01. The lowest BCUT2D eigenvalue weighted by molar-refractivity contribution is -0.140. The van der Waals surface area contributed by atoms with Gasteiger partial charge in [0.1, 0.15) is 10.9 Å². The number of fused-ring (bicyclic) bond motifs is 1. The predicted molar refractivity (Wildman–Crippen MR) is 131 cm³/mol. The zero-order valence-electron chi connectivity index (χ0n) is 19.3. The van der Waals surface area contributed by atoms with Crippen molar-refractivity contribution in [2.75, 3.05) is 13.1 Å². The van der Waals surface area contributed by atoms with E-state index in [2.05, 4.69) is 21.2 Å². The van der Waals surface area contributed by atoms with Crippen molar-refractivity contribution in [2.45, 2.75) is 44.7 Å². The second-order valence-electron chi connectivity index (χ2n) is 8.60. The van der Waals surface area contributed by atoms with Crippen molar-refractivity contribution in [3.05, 3.63) is 64.1 Å². The van der Waals surface area contributed by atoms with Crippen molar-refractivity contribution in [2.24, 2.45) is 5.92 Å². The first-order valence-electron chi connectivity index (χ1n) is 11.0. The quantitative estimate of drug-likeness (QED) is 0.517. The molecule has 1 aliphatic rings. The van der Waals surface area contributed by atoms with E-state index in [1.807, 2.05) is 38.1 Å². The predicted octanol–water partition coefficient (Wildman–Crippen LogP) is 3.17. The number of nitrogens with zero attached hydrogens (tertiary/aromatic N) is 2. The normalized spacial score (nSPS) is 15.2. The molecule has 1 atom stereocenters. The van der Waals surface area contributed by atoms with Gasteiger partial charge in [0.25, 0.3) is 15.9 Å². The molecular weight excluding hydrogens is 522 g/mol. The van der Waals surface area contributed by atoms with E-state index in [9.17, 15) is 22.8 Å². The minimum absolute atomic E-state index is 0.0557. The molecule has 182 valence electrons. The number of halogens is 1. The molecular formula is C24H28BrN3O5S. The first-order valence-corrected chi connectivity index (χ1v) is 13.2. The van der Waals surface area contributed by atoms with E-state index in [1.165, 1.54) is 17.0 Å². The zero-order valence-corrected chi connectivity index (χ0v) is 21.7. The maximum absolute atomic E-state index is 13.3. The van der Waals surface area contributed by atoms with Gasteiger partial charge in [0.2, 0.25) is 11.8 Å². The van der Waals surface area contributed by atoms with Crippen LogP contribution in [0.25, 0.3) is 0 Å². The van der Waals surface area contributed by atoms with Crippen LogP contribution in [-0.2, 0) is 26.2 Å². The molecule has 0 aliphatic carbocycles. The number of hydrogen-bond acceptors (Lipinski definition) is 5. The van der Waals surface area contributed by atoms with Crippen LogP contribution < -0.4 is 5.32 Å². The number of nitrogens with one attached hydrogen (secondary N) is 1. The Labute approximate surface area is 208 Å². The largest absolute Gasteiger partial charge is 0.354 e. The second-order valence-corrected chi connectivity index (χ2v) is 11.3. The molecule has 3 rings (SSSR count). The minimum Gasteiger partial charge on any atom is -0.354 e. The molecule has 0 spiro atoms. The van der Waals surface area contributed by atoms with Crippen LogP contribution in [0, 0.1) is 5.92 Å². The summed E-state index contributed by atoms with van der Waals surface area (Å²) in [5.41, 5.74) is 0.908. The van der Waals surface area contributed by atoms with Crippen molar-refractivity contribution >= 4 is 43.7 Å². The highest BCUT2D eigenvalue weighted by molar-refractivity contribution is 9.10. The third-order valence-electron chi connectivity index (χ3n) is 5.53. The number of benzene rings is 2. The summed E-state index contributed by atoms with van der Waals surface area (Å²) < 4.78 is 27.2. The second kappa shape index (κ2) is 10.7. The van der Waals surface area contributed by atoms with Gasteiger partial charge >= 0.3 is 0 Å². The van der Waals surface area contributed by atoms with E-state index in [-0.39, 0.29) is 41.8 Å². The molecule has 2 aromatic carbocycles. The Morgan fingerprint density at radius 3 is 2.44 bits per heavy atom. The Morgan fingerprint density at radius 2 is 1.79 bits per heavy atom. The van der Waals surface area contributed by atoms with Gasteiger partial charge in [-0.1, -0.05) is 54.0 Å². The van der Waals surface area contributed by atoms with E-state index in [0.29, 0.717) is 6.54 Å². The van der Waals surface area contributed by atoms with Gasteiger partial charge in [-0.3, -0.25) is 14.4 Å². The van der Waals surface area contributed by atoms with Gasteiger partial charge in [0, 0.05) is 30.5 Å². The fourth-order valence-corrected chi connectivity index (χ4v) is 5.68. The molecule has 34 heavy (non-hydrogen) atoms. The molecule has 0 radical (unpaired) electrons. The summed E-state index contributed by atoms with van der Waals surface area (Å²) in [4.78, 5) is 40.0. The Morgan fingerprint density at radius 1 is 1.09 bits per heavy atom. The van der Waals surface area contributed by atoms with Crippen LogP contribution >= 0.6 is 15.9 Å². The average molecular weight is 550 g/mol. The highest BCUT2D eigenvalue weighted by atomic mass is 79.9. The molecule has 2 aromatic rings. The molecule has 10 heteroatoms. The summed E-state index contributed by atoms with van der Waals surface area (Å²) >= 11 is 3.41. The van der Waals surface area contributed by atoms with Gasteiger partial charge in [-0.25, -0.2) is 12.7 Å². The Balaban J connectivity index is 1.78. The third kappa shape index (κ3) is 5.67. The topological polar surface area (TPSA) is 104 Å². The standard InChI is InChI=1S/C24H28BrN3O5S/c1-16(2)14-26-23(30)17(3)27(15-18-7-6-8-19(25)13-18)22(29)11-12-28-24(31)20-9-4-5-10-21(20)34(28,32)33/h4-10,13,16-17H,11-12,14-15H2,1-3H3,(H,26,30). The lowest BCUT2D eigenvalue weighted by Crippen LogP contribution is -2.49. The lowest BCUT2D eigenvalue weighted by Gasteiger charge is -2.29. The van der Waals surface area contributed by atoms with Crippen LogP contribution in [0.5, 0.6) is 0 Å². The Bertz CT molecular complexity index is 1200. The first kappa shape index (κ1) is 25.9. The van der Waals surface area contributed by atoms with Crippen molar-refractivity contribution in [3.8, 4) is 0 Å². The molecule has 1 N–H and O–H groups in total. The van der Waals surface area contributed by atoms with Gasteiger partial charge in [-0.2, -0.15) is 0 Å². The van der Waals surface area contributed by atoms with Crippen LogP contribution in [0.4, 0.5) is 0 Å². The van der Waals surface area contributed by atoms with Crippen molar-refractivity contribution in [1.82, 2.24) is 14.5 Å². The maximum Gasteiger partial charge on any atom is 0.269 e. The van der Waals surface area contributed by atoms with Gasteiger partial charge in [-0.05, 0) is 42.7 Å². The SMILES string of the molecule is CC(C)CNC(=O)C(C)N(Cc1cccc(Br)c1)C(=O)CCN1C(=O)c2ccccc2S1(=O)=O. The molecule has 8 nitrogen and oxygen atoms in total. The Hall–Kier alpha value is -2.72. The van der Waals surface area contributed by atoms with Crippen LogP contribution in [-0.4, -0.2) is 54.5 Å². The Kier molecular flexibility index (Phi) is 8.14. The van der Waals surface area contributed by atoms with E-state index in [0.717, 1.165) is 14.3 Å². The third-order valence-corrected chi connectivity index (χ3v) is 7.87. The summed E-state index contributed by atoms with van der Waals surface area (Å²) in [7, 11) is -4.01.